The molecular weight excluding hydrogens is 194 g/mol. The van der Waals surface area contributed by atoms with Crippen molar-refractivity contribution in [3.63, 3.8) is 0 Å². The van der Waals surface area contributed by atoms with Gasteiger partial charge in [-0.1, -0.05) is 35.5 Å². The molecule has 0 spiro atoms. The smallest absolute Gasteiger partial charge is 0.255 e. The fourth-order valence-corrected chi connectivity index (χ4v) is 1.62. The monoisotopic (exact) mass is 205 g/mol. The summed E-state index contributed by atoms with van der Waals surface area (Å²) in [7, 11) is 0. The molecule has 0 N–H and O–H groups in total. The summed E-state index contributed by atoms with van der Waals surface area (Å²) >= 11 is 1.51. The fourth-order valence-electron chi connectivity index (χ4n) is 1.28. The SMILES string of the molecule is CSc1ncc(-c2cccc(C)c2)o1. The molecule has 2 nitrogen and oxygen atoms in total. The molecule has 1 aromatic carbocycles. The molecule has 1 heterocycles. The van der Waals surface area contributed by atoms with Crippen LogP contribution in [0.4, 0.5) is 0 Å². The molecule has 14 heavy (non-hydrogen) atoms. The first-order valence-corrected chi connectivity index (χ1v) is 5.59. The van der Waals surface area contributed by atoms with Crippen LogP contribution in [0.25, 0.3) is 11.3 Å². The van der Waals surface area contributed by atoms with Gasteiger partial charge in [-0.25, -0.2) is 4.98 Å². The number of rotatable bonds is 2. The summed E-state index contributed by atoms with van der Waals surface area (Å²) in [6, 6.07) is 8.20. The highest BCUT2D eigenvalue weighted by Gasteiger charge is 2.04. The molecule has 0 aliphatic carbocycles. The molecule has 72 valence electrons. The number of thioether (sulfide) groups is 1. The molecule has 0 saturated heterocycles. The Morgan fingerprint density at radius 1 is 1.36 bits per heavy atom. The summed E-state index contributed by atoms with van der Waals surface area (Å²) in [4.78, 5) is 4.14. The van der Waals surface area contributed by atoms with Crippen molar-refractivity contribution in [3.8, 4) is 11.3 Å². The van der Waals surface area contributed by atoms with E-state index in [-0.39, 0.29) is 0 Å². The minimum atomic E-state index is 0.710. The van der Waals surface area contributed by atoms with Crippen LogP contribution in [-0.4, -0.2) is 11.2 Å². The molecule has 0 saturated carbocycles. The van der Waals surface area contributed by atoms with Crippen LogP contribution in [0.5, 0.6) is 0 Å². The first-order chi connectivity index (χ1) is 6.79. The molecule has 3 heteroatoms. The van der Waals surface area contributed by atoms with Gasteiger partial charge in [0.25, 0.3) is 5.22 Å². The lowest BCUT2D eigenvalue weighted by molar-refractivity contribution is 0.467. The predicted molar refractivity (Wildman–Crippen MR) is 58.5 cm³/mol. The van der Waals surface area contributed by atoms with E-state index in [1.165, 1.54) is 17.3 Å². The second-order valence-electron chi connectivity index (χ2n) is 3.06. The van der Waals surface area contributed by atoms with Crippen LogP contribution in [0.1, 0.15) is 5.56 Å². The van der Waals surface area contributed by atoms with Crippen LogP contribution in [0.2, 0.25) is 0 Å². The summed E-state index contributed by atoms with van der Waals surface area (Å²) in [5.74, 6) is 0.832. The van der Waals surface area contributed by atoms with Crippen LogP contribution < -0.4 is 0 Å². The van der Waals surface area contributed by atoms with Crippen LogP contribution in [-0.2, 0) is 0 Å². The number of hydrogen-bond acceptors (Lipinski definition) is 3. The first-order valence-electron chi connectivity index (χ1n) is 4.36. The third-order valence-electron chi connectivity index (χ3n) is 1.96. The Hall–Kier alpha value is -1.22. The van der Waals surface area contributed by atoms with Crippen LogP contribution in [0, 0.1) is 6.92 Å². The van der Waals surface area contributed by atoms with Crippen molar-refractivity contribution in [2.45, 2.75) is 12.1 Å². The molecule has 0 amide bonds. The van der Waals surface area contributed by atoms with E-state index in [1.54, 1.807) is 6.20 Å². The van der Waals surface area contributed by atoms with Gasteiger partial charge in [0, 0.05) is 5.56 Å². The predicted octanol–water partition coefficient (Wildman–Crippen LogP) is 3.37. The van der Waals surface area contributed by atoms with Crippen LogP contribution in [0.3, 0.4) is 0 Å². The summed E-state index contributed by atoms with van der Waals surface area (Å²) in [5.41, 5.74) is 2.31. The number of nitrogens with zero attached hydrogens (tertiary/aromatic N) is 1. The molecule has 0 aliphatic heterocycles. The maximum atomic E-state index is 5.53. The Labute approximate surface area is 87.4 Å². The highest BCUT2D eigenvalue weighted by Crippen LogP contribution is 2.24. The maximum absolute atomic E-state index is 5.53. The van der Waals surface area contributed by atoms with E-state index >= 15 is 0 Å². The average molecular weight is 205 g/mol. The zero-order valence-electron chi connectivity index (χ0n) is 8.15. The highest BCUT2D eigenvalue weighted by molar-refractivity contribution is 7.98. The Balaban J connectivity index is 2.39. The van der Waals surface area contributed by atoms with E-state index in [2.05, 4.69) is 24.0 Å². The zero-order valence-corrected chi connectivity index (χ0v) is 8.97. The molecule has 0 aliphatic rings. The van der Waals surface area contributed by atoms with Gasteiger partial charge in [-0.15, -0.1) is 0 Å². The van der Waals surface area contributed by atoms with Gasteiger partial charge in [0.15, 0.2) is 5.76 Å². The van der Waals surface area contributed by atoms with Crippen molar-refractivity contribution in [3.05, 3.63) is 36.0 Å². The van der Waals surface area contributed by atoms with Crippen LogP contribution in [0.15, 0.2) is 40.1 Å². The molecule has 0 unspecified atom stereocenters. The van der Waals surface area contributed by atoms with Gasteiger partial charge < -0.3 is 4.42 Å². The summed E-state index contributed by atoms with van der Waals surface area (Å²) in [6.07, 6.45) is 3.71. The summed E-state index contributed by atoms with van der Waals surface area (Å²) < 4.78 is 5.53. The summed E-state index contributed by atoms with van der Waals surface area (Å²) in [6.45, 7) is 2.06. The number of aromatic nitrogens is 1. The maximum Gasteiger partial charge on any atom is 0.255 e. The Morgan fingerprint density at radius 2 is 2.21 bits per heavy atom. The van der Waals surface area contributed by atoms with E-state index in [4.69, 9.17) is 4.42 Å². The minimum absolute atomic E-state index is 0.710. The zero-order chi connectivity index (χ0) is 9.97. The van der Waals surface area contributed by atoms with Gasteiger partial charge in [-0.2, -0.15) is 0 Å². The topological polar surface area (TPSA) is 26.0 Å². The molecule has 1 aromatic heterocycles. The summed E-state index contributed by atoms with van der Waals surface area (Å²) in [5, 5.41) is 0.710. The lowest BCUT2D eigenvalue weighted by Crippen LogP contribution is -1.75. The van der Waals surface area contributed by atoms with E-state index < -0.39 is 0 Å². The van der Waals surface area contributed by atoms with Gasteiger partial charge in [0.1, 0.15) is 0 Å². The van der Waals surface area contributed by atoms with Gasteiger partial charge >= 0.3 is 0 Å². The van der Waals surface area contributed by atoms with Crippen molar-refractivity contribution < 1.29 is 4.42 Å². The Kier molecular flexibility index (Phi) is 2.59. The standard InChI is InChI=1S/C11H11NOS/c1-8-4-3-5-9(6-8)10-7-12-11(13-10)14-2/h3-7H,1-2H3. The van der Waals surface area contributed by atoms with Gasteiger partial charge in [0.05, 0.1) is 6.20 Å². The lowest BCUT2D eigenvalue weighted by atomic mass is 10.1. The Bertz CT molecular complexity index is 436. The highest BCUT2D eigenvalue weighted by atomic mass is 32.2. The molecule has 2 rings (SSSR count). The number of aryl methyl sites for hydroxylation is 1. The van der Waals surface area contributed by atoms with E-state index in [0.29, 0.717) is 5.22 Å². The molecular formula is C11H11NOS. The molecule has 0 fully saturated rings. The van der Waals surface area contributed by atoms with Gasteiger partial charge in [-0.3, -0.25) is 0 Å². The lowest BCUT2D eigenvalue weighted by Gasteiger charge is -1.96. The van der Waals surface area contributed by atoms with Crippen molar-refractivity contribution in [1.82, 2.24) is 4.98 Å². The molecule has 0 bridgehead atoms. The van der Waals surface area contributed by atoms with Crippen LogP contribution >= 0.6 is 11.8 Å². The fraction of sp³-hybridized carbons (Fsp3) is 0.182. The third kappa shape index (κ3) is 1.82. The number of hydrogen-bond donors (Lipinski definition) is 0. The normalized spacial score (nSPS) is 10.4. The number of benzene rings is 1. The second kappa shape index (κ2) is 3.88. The van der Waals surface area contributed by atoms with E-state index in [1.807, 2.05) is 18.4 Å². The van der Waals surface area contributed by atoms with Crippen molar-refractivity contribution in [2.75, 3.05) is 6.26 Å². The Morgan fingerprint density at radius 3 is 2.86 bits per heavy atom. The molecule has 0 atom stereocenters. The average Bonchev–Trinajstić information content (AvgIpc) is 2.66. The van der Waals surface area contributed by atoms with E-state index in [0.717, 1.165) is 11.3 Å². The van der Waals surface area contributed by atoms with Gasteiger partial charge in [-0.05, 0) is 19.2 Å². The number of oxazole rings is 1. The largest absolute Gasteiger partial charge is 0.431 e. The van der Waals surface area contributed by atoms with Crippen molar-refractivity contribution in [1.29, 1.82) is 0 Å². The third-order valence-corrected chi connectivity index (χ3v) is 2.50. The molecule has 2 aromatic rings. The van der Waals surface area contributed by atoms with Gasteiger partial charge in [0.2, 0.25) is 0 Å². The van der Waals surface area contributed by atoms with Crippen molar-refractivity contribution in [2.24, 2.45) is 0 Å². The van der Waals surface area contributed by atoms with E-state index in [9.17, 15) is 0 Å². The first kappa shape index (κ1) is 9.34. The minimum Gasteiger partial charge on any atom is -0.431 e. The van der Waals surface area contributed by atoms with Crippen molar-refractivity contribution >= 4 is 11.8 Å². The molecule has 0 radical (unpaired) electrons. The second-order valence-corrected chi connectivity index (χ2v) is 3.82. The quantitative estimate of drug-likeness (QED) is 0.703.